The number of halogens is 1. The van der Waals surface area contributed by atoms with Gasteiger partial charge >= 0.3 is 0 Å². The summed E-state index contributed by atoms with van der Waals surface area (Å²) in [7, 11) is 1.70. The van der Waals surface area contributed by atoms with Crippen molar-refractivity contribution >= 4 is 11.6 Å². The van der Waals surface area contributed by atoms with Gasteiger partial charge in [-0.3, -0.25) is 4.68 Å². The van der Waals surface area contributed by atoms with E-state index in [1.165, 1.54) is 12.0 Å². The predicted octanol–water partition coefficient (Wildman–Crippen LogP) is 3.24. The average molecular weight is 306 g/mol. The van der Waals surface area contributed by atoms with Crippen LogP contribution in [0.5, 0.6) is 5.75 Å². The smallest absolute Gasteiger partial charge is 0.123 e. The molecule has 0 unspecified atom stereocenters. The summed E-state index contributed by atoms with van der Waals surface area (Å²) in [6, 6.07) is 6.85. The van der Waals surface area contributed by atoms with E-state index >= 15 is 0 Å². The van der Waals surface area contributed by atoms with Crippen molar-refractivity contribution in [3.63, 3.8) is 0 Å². The molecule has 1 aliphatic rings. The molecule has 1 aliphatic heterocycles. The van der Waals surface area contributed by atoms with E-state index in [1.54, 1.807) is 7.11 Å². The van der Waals surface area contributed by atoms with E-state index in [2.05, 4.69) is 22.5 Å². The van der Waals surface area contributed by atoms with Crippen LogP contribution >= 0.6 is 11.6 Å². The Morgan fingerprint density at radius 2 is 2.19 bits per heavy atom. The maximum atomic E-state index is 6.23. The molecule has 1 aromatic heterocycles. The molecule has 4 nitrogen and oxygen atoms in total. The first-order chi connectivity index (χ1) is 10.1. The van der Waals surface area contributed by atoms with Crippen molar-refractivity contribution in [3.8, 4) is 5.75 Å². The van der Waals surface area contributed by atoms with Crippen molar-refractivity contribution in [2.75, 3.05) is 13.7 Å². The minimum Gasteiger partial charge on any atom is -0.496 e. The molecule has 3 rings (SSSR count). The zero-order valence-corrected chi connectivity index (χ0v) is 13.4. The van der Waals surface area contributed by atoms with Crippen LogP contribution in [0.4, 0.5) is 0 Å². The summed E-state index contributed by atoms with van der Waals surface area (Å²) in [6.07, 6.45) is 1.19. The average Bonchev–Trinajstić information content (AvgIpc) is 2.65. The van der Waals surface area contributed by atoms with Gasteiger partial charge in [-0.2, -0.15) is 5.10 Å². The molecule has 1 N–H and O–H groups in total. The van der Waals surface area contributed by atoms with Crippen molar-refractivity contribution in [1.82, 2.24) is 15.1 Å². The molecule has 0 saturated carbocycles. The number of methoxy groups -OCH3 is 1. The Balaban J connectivity index is 1.93. The van der Waals surface area contributed by atoms with Gasteiger partial charge in [-0.1, -0.05) is 17.7 Å². The van der Waals surface area contributed by atoms with Crippen LogP contribution in [0, 0.1) is 13.8 Å². The van der Waals surface area contributed by atoms with Crippen LogP contribution in [0.3, 0.4) is 0 Å². The molecular formula is C16H20ClN3O. The van der Waals surface area contributed by atoms with Crippen LogP contribution < -0.4 is 10.1 Å². The Morgan fingerprint density at radius 3 is 2.71 bits per heavy atom. The van der Waals surface area contributed by atoms with Crippen LogP contribution in [0.15, 0.2) is 18.2 Å². The van der Waals surface area contributed by atoms with E-state index in [1.807, 2.05) is 24.6 Å². The molecule has 0 amide bonds. The number of ether oxygens (including phenoxy) is 1. The minimum atomic E-state index is 0.471. The highest BCUT2D eigenvalue weighted by Gasteiger charge is 2.20. The van der Waals surface area contributed by atoms with Crippen molar-refractivity contribution in [1.29, 1.82) is 0 Å². The van der Waals surface area contributed by atoms with Gasteiger partial charge < -0.3 is 10.1 Å². The maximum Gasteiger partial charge on any atom is 0.123 e. The minimum absolute atomic E-state index is 0.471. The SMILES string of the molecule is COc1ccc([C@H]2CCN2)cc1Cn1nc(C)c(Cl)c1C. The fraction of sp³-hybridized carbons (Fsp3) is 0.438. The molecule has 112 valence electrons. The van der Waals surface area contributed by atoms with E-state index in [9.17, 15) is 0 Å². The number of hydrogen-bond donors (Lipinski definition) is 1. The molecule has 21 heavy (non-hydrogen) atoms. The number of nitrogens with one attached hydrogen (secondary N) is 1. The second kappa shape index (κ2) is 5.70. The lowest BCUT2D eigenvalue weighted by atomic mass is 9.96. The first-order valence-electron chi connectivity index (χ1n) is 7.20. The largest absolute Gasteiger partial charge is 0.496 e. The van der Waals surface area contributed by atoms with Gasteiger partial charge in [0.15, 0.2) is 0 Å². The normalized spacial score (nSPS) is 17.6. The molecule has 0 spiro atoms. The molecule has 1 saturated heterocycles. The number of aromatic nitrogens is 2. The van der Waals surface area contributed by atoms with E-state index < -0.39 is 0 Å². The number of aryl methyl sites for hydroxylation is 1. The second-order valence-electron chi connectivity index (χ2n) is 5.51. The van der Waals surface area contributed by atoms with E-state index in [-0.39, 0.29) is 0 Å². The molecule has 1 atom stereocenters. The van der Waals surface area contributed by atoms with Crippen LogP contribution in [0.2, 0.25) is 5.02 Å². The van der Waals surface area contributed by atoms with Gasteiger partial charge in [0.25, 0.3) is 0 Å². The third-order valence-corrected chi connectivity index (χ3v) is 4.69. The van der Waals surface area contributed by atoms with Gasteiger partial charge in [0.1, 0.15) is 5.75 Å². The zero-order valence-electron chi connectivity index (χ0n) is 12.6. The summed E-state index contributed by atoms with van der Waals surface area (Å²) < 4.78 is 7.42. The molecule has 0 bridgehead atoms. The lowest BCUT2D eigenvalue weighted by Crippen LogP contribution is -2.34. The van der Waals surface area contributed by atoms with Crippen LogP contribution in [-0.2, 0) is 6.54 Å². The van der Waals surface area contributed by atoms with Gasteiger partial charge in [-0.15, -0.1) is 0 Å². The topological polar surface area (TPSA) is 39.1 Å². The first-order valence-corrected chi connectivity index (χ1v) is 7.57. The molecule has 5 heteroatoms. The van der Waals surface area contributed by atoms with Gasteiger partial charge in [-0.05, 0) is 44.5 Å². The van der Waals surface area contributed by atoms with Crippen molar-refractivity contribution in [2.24, 2.45) is 0 Å². The van der Waals surface area contributed by atoms with E-state index in [0.29, 0.717) is 12.6 Å². The third-order valence-electron chi connectivity index (χ3n) is 4.14. The lowest BCUT2D eigenvalue weighted by molar-refractivity contribution is 0.380. The Labute approximate surface area is 130 Å². The van der Waals surface area contributed by atoms with Crippen molar-refractivity contribution < 1.29 is 4.74 Å². The summed E-state index contributed by atoms with van der Waals surface area (Å²) in [5.74, 6) is 0.891. The van der Waals surface area contributed by atoms with Crippen LogP contribution in [0.25, 0.3) is 0 Å². The molecule has 2 heterocycles. The Hall–Kier alpha value is -1.52. The number of rotatable bonds is 4. The predicted molar refractivity (Wildman–Crippen MR) is 84.2 cm³/mol. The van der Waals surface area contributed by atoms with Crippen LogP contribution in [0.1, 0.15) is 35.0 Å². The lowest BCUT2D eigenvalue weighted by Gasteiger charge is -2.28. The molecule has 0 radical (unpaired) electrons. The number of benzene rings is 1. The summed E-state index contributed by atoms with van der Waals surface area (Å²) in [5, 5.41) is 8.67. The molecular weight excluding hydrogens is 286 g/mol. The number of nitrogens with zero attached hydrogens (tertiary/aromatic N) is 2. The summed E-state index contributed by atoms with van der Waals surface area (Å²) in [5.41, 5.74) is 4.30. The highest BCUT2D eigenvalue weighted by molar-refractivity contribution is 6.31. The quantitative estimate of drug-likeness (QED) is 0.942. The Kier molecular flexibility index (Phi) is 3.91. The van der Waals surface area contributed by atoms with Crippen LogP contribution in [-0.4, -0.2) is 23.4 Å². The molecule has 2 aromatic rings. The maximum absolute atomic E-state index is 6.23. The molecule has 1 fully saturated rings. The standard InChI is InChI=1S/C16H20ClN3O/c1-10-16(17)11(2)20(19-10)9-13-8-12(14-6-7-18-14)4-5-15(13)21-3/h4-5,8,14,18H,6-7,9H2,1-3H3/t14-/m1/s1. The fourth-order valence-corrected chi connectivity index (χ4v) is 2.84. The van der Waals surface area contributed by atoms with Gasteiger partial charge in [0.2, 0.25) is 0 Å². The van der Waals surface area contributed by atoms with E-state index in [4.69, 9.17) is 16.3 Å². The monoisotopic (exact) mass is 305 g/mol. The van der Waals surface area contributed by atoms with Gasteiger partial charge in [-0.25, -0.2) is 0 Å². The van der Waals surface area contributed by atoms with Crippen molar-refractivity contribution in [3.05, 3.63) is 45.7 Å². The first kappa shape index (κ1) is 14.4. The number of hydrogen-bond acceptors (Lipinski definition) is 3. The van der Waals surface area contributed by atoms with Gasteiger partial charge in [0, 0.05) is 11.6 Å². The zero-order chi connectivity index (χ0) is 15.0. The highest BCUT2D eigenvalue weighted by Crippen LogP contribution is 2.29. The summed E-state index contributed by atoms with van der Waals surface area (Å²) in [4.78, 5) is 0. The molecule has 0 aliphatic carbocycles. The fourth-order valence-electron chi connectivity index (χ4n) is 2.70. The Morgan fingerprint density at radius 1 is 1.43 bits per heavy atom. The third kappa shape index (κ3) is 2.65. The summed E-state index contributed by atoms with van der Waals surface area (Å²) >= 11 is 6.23. The van der Waals surface area contributed by atoms with Gasteiger partial charge in [0.05, 0.1) is 30.1 Å². The highest BCUT2D eigenvalue weighted by atomic mass is 35.5. The van der Waals surface area contributed by atoms with E-state index in [0.717, 1.165) is 34.3 Å². The van der Waals surface area contributed by atoms with Crippen molar-refractivity contribution in [2.45, 2.75) is 32.9 Å². The Bertz CT molecular complexity index is 662. The summed E-state index contributed by atoms with van der Waals surface area (Å²) in [6.45, 7) is 5.69. The second-order valence-corrected chi connectivity index (χ2v) is 5.89. The molecule has 1 aromatic carbocycles.